The SMILES string of the molecule is CCCCCC(C)(C)CNC(=O)C1CC1C(=O)O. The van der Waals surface area contributed by atoms with E-state index >= 15 is 0 Å². The first-order valence-corrected chi connectivity index (χ1v) is 6.88. The van der Waals surface area contributed by atoms with Crippen molar-refractivity contribution in [1.29, 1.82) is 0 Å². The summed E-state index contributed by atoms with van der Waals surface area (Å²) in [5.74, 6) is -1.69. The summed E-state index contributed by atoms with van der Waals surface area (Å²) in [5, 5.41) is 11.7. The minimum absolute atomic E-state index is 0.0917. The normalized spacial score (nSPS) is 22.6. The van der Waals surface area contributed by atoms with Gasteiger partial charge in [-0.2, -0.15) is 0 Å². The first-order valence-electron chi connectivity index (χ1n) is 6.88. The maximum Gasteiger partial charge on any atom is 0.307 e. The van der Waals surface area contributed by atoms with E-state index in [0.29, 0.717) is 13.0 Å². The molecule has 0 aliphatic heterocycles. The second-order valence-electron chi connectivity index (χ2n) is 6.13. The van der Waals surface area contributed by atoms with E-state index in [1.54, 1.807) is 0 Å². The van der Waals surface area contributed by atoms with Crippen LogP contribution in [0.25, 0.3) is 0 Å². The van der Waals surface area contributed by atoms with Gasteiger partial charge in [-0.15, -0.1) is 0 Å². The Bertz CT molecular complexity index is 312. The first kappa shape index (κ1) is 15.0. The van der Waals surface area contributed by atoms with Crippen LogP contribution in [0.15, 0.2) is 0 Å². The predicted molar refractivity (Wildman–Crippen MR) is 70.2 cm³/mol. The minimum atomic E-state index is -0.850. The lowest BCUT2D eigenvalue weighted by molar-refractivity contribution is -0.140. The summed E-state index contributed by atoms with van der Waals surface area (Å²) in [6, 6.07) is 0. The van der Waals surface area contributed by atoms with Crippen LogP contribution < -0.4 is 5.32 Å². The highest BCUT2D eigenvalue weighted by atomic mass is 16.4. The molecule has 0 aromatic heterocycles. The number of hydrogen-bond acceptors (Lipinski definition) is 2. The molecule has 1 aliphatic rings. The summed E-state index contributed by atoms with van der Waals surface area (Å²) in [7, 11) is 0. The molecule has 2 N–H and O–H groups in total. The second kappa shape index (κ2) is 6.21. The molecule has 0 bridgehead atoms. The van der Waals surface area contributed by atoms with E-state index in [1.165, 1.54) is 19.3 Å². The monoisotopic (exact) mass is 255 g/mol. The molecule has 1 fully saturated rings. The van der Waals surface area contributed by atoms with Gasteiger partial charge in [0.1, 0.15) is 0 Å². The fraction of sp³-hybridized carbons (Fsp3) is 0.857. The quantitative estimate of drug-likeness (QED) is 0.655. The number of rotatable bonds is 8. The Balaban J connectivity index is 2.23. The Morgan fingerprint density at radius 1 is 1.28 bits per heavy atom. The lowest BCUT2D eigenvalue weighted by Gasteiger charge is -2.25. The molecule has 2 unspecified atom stereocenters. The Morgan fingerprint density at radius 3 is 2.44 bits per heavy atom. The number of carboxylic acid groups (broad SMARTS) is 1. The Hall–Kier alpha value is -1.06. The van der Waals surface area contributed by atoms with Gasteiger partial charge in [-0.25, -0.2) is 0 Å². The van der Waals surface area contributed by atoms with Crippen molar-refractivity contribution in [2.24, 2.45) is 17.3 Å². The summed E-state index contributed by atoms with van der Waals surface area (Å²) in [6.07, 6.45) is 5.19. The van der Waals surface area contributed by atoms with Gasteiger partial charge in [-0.05, 0) is 18.3 Å². The Labute approximate surface area is 109 Å². The smallest absolute Gasteiger partial charge is 0.307 e. The van der Waals surface area contributed by atoms with Crippen LogP contribution >= 0.6 is 0 Å². The Morgan fingerprint density at radius 2 is 1.94 bits per heavy atom. The molecular formula is C14H25NO3. The van der Waals surface area contributed by atoms with E-state index in [9.17, 15) is 9.59 Å². The third-order valence-electron chi connectivity index (χ3n) is 3.64. The fourth-order valence-corrected chi connectivity index (χ4v) is 2.16. The van der Waals surface area contributed by atoms with Gasteiger partial charge in [0.05, 0.1) is 11.8 Å². The van der Waals surface area contributed by atoms with Crippen molar-refractivity contribution in [2.75, 3.05) is 6.54 Å². The lowest BCUT2D eigenvalue weighted by Crippen LogP contribution is -2.35. The van der Waals surface area contributed by atoms with Gasteiger partial charge in [0.15, 0.2) is 0 Å². The third kappa shape index (κ3) is 4.67. The molecule has 1 amide bonds. The van der Waals surface area contributed by atoms with E-state index in [1.807, 2.05) is 0 Å². The van der Waals surface area contributed by atoms with Crippen LogP contribution in [0.1, 0.15) is 52.9 Å². The van der Waals surface area contributed by atoms with Crippen LogP contribution in [0, 0.1) is 17.3 Å². The highest BCUT2D eigenvalue weighted by Gasteiger charge is 2.48. The molecular weight excluding hydrogens is 230 g/mol. The molecule has 2 atom stereocenters. The van der Waals surface area contributed by atoms with Crippen molar-refractivity contribution in [2.45, 2.75) is 52.9 Å². The van der Waals surface area contributed by atoms with Gasteiger partial charge in [-0.3, -0.25) is 9.59 Å². The molecule has 0 spiro atoms. The van der Waals surface area contributed by atoms with Gasteiger partial charge in [-0.1, -0.05) is 40.0 Å². The number of carboxylic acids is 1. The van der Waals surface area contributed by atoms with Crippen LogP contribution in [0.5, 0.6) is 0 Å². The molecule has 4 nitrogen and oxygen atoms in total. The second-order valence-corrected chi connectivity index (χ2v) is 6.13. The zero-order chi connectivity index (χ0) is 13.8. The van der Waals surface area contributed by atoms with Crippen LogP contribution in [-0.2, 0) is 9.59 Å². The van der Waals surface area contributed by atoms with E-state index < -0.39 is 11.9 Å². The van der Waals surface area contributed by atoms with Crippen molar-refractivity contribution >= 4 is 11.9 Å². The number of aliphatic carboxylic acids is 1. The molecule has 1 saturated carbocycles. The zero-order valence-corrected chi connectivity index (χ0v) is 11.7. The van der Waals surface area contributed by atoms with Crippen LogP contribution in [0.4, 0.5) is 0 Å². The molecule has 1 rings (SSSR count). The minimum Gasteiger partial charge on any atom is -0.481 e. The highest BCUT2D eigenvalue weighted by Crippen LogP contribution is 2.38. The molecule has 1 aliphatic carbocycles. The van der Waals surface area contributed by atoms with E-state index in [0.717, 1.165) is 6.42 Å². The zero-order valence-electron chi connectivity index (χ0n) is 11.7. The summed E-state index contributed by atoms with van der Waals surface area (Å²) < 4.78 is 0. The topological polar surface area (TPSA) is 66.4 Å². The number of amides is 1. The number of carbonyl (C=O) groups excluding carboxylic acids is 1. The molecule has 0 radical (unpaired) electrons. The number of nitrogens with one attached hydrogen (secondary N) is 1. The largest absolute Gasteiger partial charge is 0.481 e. The molecule has 0 saturated heterocycles. The standard InChI is InChI=1S/C14H25NO3/c1-4-5-6-7-14(2,3)9-15-12(16)10-8-11(10)13(17)18/h10-11H,4-9H2,1-3H3,(H,15,16)(H,17,18). The van der Waals surface area contributed by atoms with Crippen LogP contribution in [0.2, 0.25) is 0 Å². The van der Waals surface area contributed by atoms with Crippen molar-refractivity contribution in [1.82, 2.24) is 5.32 Å². The number of unbranched alkanes of at least 4 members (excludes halogenated alkanes) is 2. The predicted octanol–water partition coefficient (Wildman–Crippen LogP) is 2.43. The van der Waals surface area contributed by atoms with Gasteiger partial charge in [0.2, 0.25) is 5.91 Å². The lowest BCUT2D eigenvalue weighted by atomic mass is 9.87. The van der Waals surface area contributed by atoms with Gasteiger partial charge < -0.3 is 10.4 Å². The first-order chi connectivity index (χ1) is 8.37. The maximum atomic E-state index is 11.7. The summed E-state index contributed by atoms with van der Waals surface area (Å²) >= 11 is 0. The van der Waals surface area contributed by atoms with Crippen LogP contribution in [-0.4, -0.2) is 23.5 Å². The average molecular weight is 255 g/mol. The summed E-state index contributed by atoms with van der Waals surface area (Å²) in [4.78, 5) is 22.4. The Kier molecular flexibility index (Phi) is 5.17. The summed E-state index contributed by atoms with van der Waals surface area (Å²) in [5.41, 5.74) is 0.0957. The average Bonchev–Trinajstić information content (AvgIpc) is 3.06. The van der Waals surface area contributed by atoms with Crippen molar-refractivity contribution < 1.29 is 14.7 Å². The fourth-order valence-electron chi connectivity index (χ4n) is 2.16. The van der Waals surface area contributed by atoms with Crippen molar-refractivity contribution in [3.8, 4) is 0 Å². The number of carbonyl (C=O) groups is 2. The van der Waals surface area contributed by atoms with E-state index in [4.69, 9.17) is 5.11 Å². The van der Waals surface area contributed by atoms with Gasteiger partial charge >= 0.3 is 5.97 Å². The number of hydrogen-bond donors (Lipinski definition) is 2. The van der Waals surface area contributed by atoms with Gasteiger partial charge in [0, 0.05) is 6.54 Å². The molecule has 18 heavy (non-hydrogen) atoms. The molecule has 104 valence electrons. The molecule has 4 heteroatoms. The van der Waals surface area contributed by atoms with Crippen molar-refractivity contribution in [3.05, 3.63) is 0 Å². The van der Waals surface area contributed by atoms with Crippen molar-refractivity contribution in [3.63, 3.8) is 0 Å². The van der Waals surface area contributed by atoms with Gasteiger partial charge in [0.25, 0.3) is 0 Å². The molecule has 0 aromatic carbocycles. The summed E-state index contributed by atoms with van der Waals surface area (Å²) in [6.45, 7) is 7.10. The highest BCUT2D eigenvalue weighted by molar-refractivity contribution is 5.89. The maximum absolute atomic E-state index is 11.7. The third-order valence-corrected chi connectivity index (χ3v) is 3.64. The van der Waals surface area contributed by atoms with Crippen LogP contribution in [0.3, 0.4) is 0 Å². The molecule has 0 aromatic rings. The van der Waals surface area contributed by atoms with E-state index in [-0.39, 0.29) is 17.2 Å². The molecule has 0 heterocycles. The van der Waals surface area contributed by atoms with E-state index in [2.05, 4.69) is 26.1 Å².